The number of likely N-dealkylation sites (tertiary alicyclic amines) is 1. The van der Waals surface area contributed by atoms with Crippen LogP contribution in [0.1, 0.15) is 18.4 Å². The summed E-state index contributed by atoms with van der Waals surface area (Å²) >= 11 is 5.93. The second-order valence-electron chi connectivity index (χ2n) is 6.63. The van der Waals surface area contributed by atoms with Crippen LogP contribution in [0.3, 0.4) is 0 Å². The number of hydrogen-bond acceptors (Lipinski definition) is 4. The standard InChI is InChI=1S/C18H25ClN2O2.CH2O2/c19-17-3-1-15(2-4-17)13-16-5-8-21(14-16)18(22)6-7-20-9-11-23-12-10-20;2-1-3/h1-4,16H,5-14H2;1H,(H,2,3). The summed E-state index contributed by atoms with van der Waals surface area (Å²) < 4.78 is 5.34. The van der Waals surface area contributed by atoms with Crippen molar-refractivity contribution >= 4 is 24.0 Å². The van der Waals surface area contributed by atoms with E-state index in [9.17, 15) is 4.79 Å². The first-order valence-corrected chi connectivity index (χ1v) is 9.40. The molecule has 1 unspecified atom stereocenters. The van der Waals surface area contributed by atoms with Gasteiger partial charge in [-0.25, -0.2) is 0 Å². The third-order valence-electron chi connectivity index (χ3n) is 4.82. The molecule has 0 radical (unpaired) electrons. The zero-order chi connectivity index (χ0) is 18.8. The topological polar surface area (TPSA) is 70.1 Å². The van der Waals surface area contributed by atoms with Gasteiger partial charge in [0.25, 0.3) is 6.47 Å². The Morgan fingerprint density at radius 1 is 1.23 bits per heavy atom. The van der Waals surface area contributed by atoms with Gasteiger partial charge in [0.05, 0.1) is 13.2 Å². The van der Waals surface area contributed by atoms with Crippen LogP contribution in [0.4, 0.5) is 0 Å². The monoisotopic (exact) mass is 382 g/mol. The number of amides is 1. The summed E-state index contributed by atoms with van der Waals surface area (Å²) in [7, 11) is 0. The number of carbonyl (C=O) groups is 2. The lowest BCUT2D eigenvalue weighted by Gasteiger charge is -2.27. The SMILES string of the molecule is O=C(CCN1CCOCC1)N1CCC(Cc2ccc(Cl)cc2)C1.O=CO. The predicted octanol–water partition coefficient (Wildman–Crippen LogP) is 2.15. The fourth-order valence-electron chi connectivity index (χ4n) is 3.42. The van der Waals surface area contributed by atoms with Crippen LogP contribution in [0.2, 0.25) is 5.02 Å². The van der Waals surface area contributed by atoms with Crippen molar-refractivity contribution in [2.45, 2.75) is 19.3 Å². The maximum Gasteiger partial charge on any atom is 0.290 e. The van der Waals surface area contributed by atoms with E-state index in [0.717, 1.165) is 63.8 Å². The van der Waals surface area contributed by atoms with Crippen molar-refractivity contribution in [1.82, 2.24) is 9.80 Å². The zero-order valence-electron chi connectivity index (χ0n) is 15.0. The highest BCUT2D eigenvalue weighted by atomic mass is 35.5. The molecule has 26 heavy (non-hydrogen) atoms. The van der Waals surface area contributed by atoms with Crippen molar-refractivity contribution in [3.63, 3.8) is 0 Å². The molecule has 1 amide bonds. The third-order valence-corrected chi connectivity index (χ3v) is 5.07. The molecule has 7 heteroatoms. The van der Waals surface area contributed by atoms with E-state index in [1.807, 2.05) is 17.0 Å². The van der Waals surface area contributed by atoms with Crippen molar-refractivity contribution in [3.05, 3.63) is 34.9 Å². The number of halogens is 1. The van der Waals surface area contributed by atoms with Crippen LogP contribution in [0, 0.1) is 5.92 Å². The van der Waals surface area contributed by atoms with Gasteiger partial charge in [-0.2, -0.15) is 0 Å². The van der Waals surface area contributed by atoms with E-state index in [-0.39, 0.29) is 6.47 Å². The van der Waals surface area contributed by atoms with E-state index >= 15 is 0 Å². The molecule has 144 valence electrons. The molecular weight excluding hydrogens is 356 g/mol. The van der Waals surface area contributed by atoms with Gasteiger partial charge in [0.1, 0.15) is 0 Å². The Morgan fingerprint density at radius 2 is 1.88 bits per heavy atom. The molecule has 0 bridgehead atoms. The van der Waals surface area contributed by atoms with Gasteiger partial charge in [0.2, 0.25) is 5.91 Å². The normalized spacial score (nSPS) is 20.3. The third kappa shape index (κ3) is 6.94. The second-order valence-corrected chi connectivity index (χ2v) is 7.07. The Labute approximate surface area is 159 Å². The van der Waals surface area contributed by atoms with Crippen LogP contribution in [0.15, 0.2) is 24.3 Å². The van der Waals surface area contributed by atoms with E-state index in [4.69, 9.17) is 26.2 Å². The minimum absolute atomic E-state index is 0.250. The first kappa shape index (κ1) is 20.7. The molecule has 0 aromatic heterocycles. The number of rotatable bonds is 5. The smallest absolute Gasteiger partial charge is 0.290 e. The number of carboxylic acid groups (broad SMARTS) is 1. The fraction of sp³-hybridized carbons (Fsp3) is 0.579. The molecule has 0 aliphatic carbocycles. The van der Waals surface area contributed by atoms with Gasteiger partial charge in [-0.1, -0.05) is 23.7 Å². The van der Waals surface area contributed by atoms with E-state index in [1.165, 1.54) is 5.56 Å². The van der Waals surface area contributed by atoms with Gasteiger partial charge in [-0.05, 0) is 36.5 Å². The Hall–Kier alpha value is -1.63. The summed E-state index contributed by atoms with van der Waals surface area (Å²) in [5.74, 6) is 0.874. The molecule has 3 rings (SSSR count). The lowest BCUT2D eigenvalue weighted by Crippen LogP contribution is -2.39. The zero-order valence-corrected chi connectivity index (χ0v) is 15.7. The Kier molecular flexibility index (Phi) is 8.88. The van der Waals surface area contributed by atoms with Crippen LogP contribution < -0.4 is 0 Å². The summed E-state index contributed by atoms with van der Waals surface area (Å²) in [6, 6.07) is 8.06. The molecule has 2 heterocycles. The van der Waals surface area contributed by atoms with Crippen LogP contribution in [-0.4, -0.2) is 73.2 Å². The van der Waals surface area contributed by atoms with Gasteiger partial charge in [-0.3, -0.25) is 14.5 Å². The highest BCUT2D eigenvalue weighted by Crippen LogP contribution is 2.22. The molecule has 2 aliphatic rings. The maximum absolute atomic E-state index is 12.4. The van der Waals surface area contributed by atoms with Crippen LogP contribution in [-0.2, 0) is 20.7 Å². The molecule has 0 spiro atoms. The van der Waals surface area contributed by atoms with Crippen molar-refractivity contribution in [1.29, 1.82) is 0 Å². The number of carbonyl (C=O) groups excluding carboxylic acids is 1. The number of hydrogen-bond donors (Lipinski definition) is 1. The summed E-state index contributed by atoms with van der Waals surface area (Å²) in [4.78, 5) is 25.1. The largest absolute Gasteiger partial charge is 0.483 e. The summed E-state index contributed by atoms with van der Waals surface area (Å²) in [5.41, 5.74) is 1.31. The van der Waals surface area contributed by atoms with Crippen LogP contribution in [0.25, 0.3) is 0 Å². The van der Waals surface area contributed by atoms with Gasteiger partial charge in [0.15, 0.2) is 0 Å². The second kappa shape index (κ2) is 11.2. The summed E-state index contributed by atoms with van der Waals surface area (Å²) in [6.07, 6.45) is 2.77. The number of benzene rings is 1. The lowest BCUT2D eigenvalue weighted by atomic mass is 9.99. The first-order chi connectivity index (χ1) is 12.6. The number of nitrogens with zero attached hydrogens (tertiary/aromatic N) is 2. The highest BCUT2D eigenvalue weighted by Gasteiger charge is 2.26. The molecular formula is C19H27ClN2O4. The van der Waals surface area contributed by atoms with Gasteiger partial charge in [0, 0.05) is 44.2 Å². The molecule has 1 aromatic rings. The molecule has 1 atom stereocenters. The van der Waals surface area contributed by atoms with Gasteiger partial charge < -0.3 is 14.7 Å². The average Bonchev–Trinajstić information content (AvgIpc) is 3.12. The quantitative estimate of drug-likeness (QED) is 0.790. The van der Waals surface area contributed by atoms with E-state index in [1.54, 1.807) is 0 Å². The Balaban J connectivity index is 0.000000758. The molecule has 2 fully saturated rings. The lowest BCUT2D eigenvalue weighted by molar-refractivity contribution is -0.131. The van der Waals surface area contributed by atoms with Crippen LogP contribution >= 0.6 is 11.6 Å². The van der Waals surface area contributed by atoms with Crippen molar-refractivity contribution in [2.75, 3.05) is 45.9 Å². The minimum Gasteiger partial charge on any atom is -0.483 e. The van der Waals surface area contributed by atoms with Gasteiger partial charge >= 0.3 is 0 Å². The molecule has 1 N–H and O–H groups in total. The van der Waals surface area contributed by atoms with Crippen molar-refractivity contribution in [3.8, 4) is 0 Å². The Bertz CT molecular complexity index is 561. The number of ether oxygens (including phenoxy) is 1. The van der Waals surface area contributed by atoms with Crippen molar-refractivity contribution in [2.24, 2.45) is 5.92 Å². The van der Waals surface area contributed by atoms with E-state index in [0.29, 0.717) is 18.2 Å². The molecule has 0 saturated carbocycles. The predicted molar refractivity (Wildman–Crippen MR) is 100 cm³/mol. The maximum atomic E-state index is 12.4. The van der Waals surface area contributed by atoms with E-state index < -0.39 is 0 Å². The van der Waals surface area contributed by atoms with Crippen molar-refractivity contribution < 1.29 is 19.4 Å². The summed E-state index contributed by atoms with van der Waals surface area (Å²) in [5, 5.41) is 7.67. The van der Waals surface area contributed by atoms with Gasteiger partial charge in [-0.15, -0.1) is 0 Å². The average molecular weight is 383 g/mol. The fourth-order valence-corrected chi connectivity index (χ4v) is 3.54. The molecule has 2 aliphatic heterocycles. The molecule has 6 nitrogen and oxygen atoms in total. The van der Waals surface area contributed by atoms with E-state index in [2.05, 4.69) is 17.0 Å². The number of morpholine rings is 1. The van der Waals surface area contributed by atoms with Crippen LogP contribution in [0.5, 0.6) is 0 Å². The molecule has 1 aromatic carbocycles. The Morgan fingerprint density at radius 3 is 2.54 bits per heavy atom. The summed E-state index contributed by atoms with van der Waals surface area (Å²) in [6.45, 7) is 5.90. The molecule has 2 saturated heterocycles. The minimum atomic E-state index is -0.250. The first-order valence-electron chi connectivity index (χ1n) is 9.02. The highest BCUT2D eigenvalue weighted by molar-refractivity contribution is 6.30.